The van der Waals surface area contributed by atoms with Gasteiger partial charge in [-0.05, 0) is 32.3 Å². The number of hydrogen-bond donors (Lipinski definition) is 3. The summed E-state index contributed by atoms with van der Waals surface area (Å²) >= 11 is 1.60. The van der Waals surface area contributed by atoms with E-state index in [2.05, 4.69) is 10.7 Å². The van der Waals surface area contributed by atoms with Crippen molar-refractivity contribution in [3.8, 4) is 0 Å². The number of nitrogens with two attached hydrogens (primary N) is 1. The molecule has 0 aliphatic carbocycles. The normalized spacial score (nSPS) is 10.9. The summed E-state index contributed by atoms with van der Waals surface area (Å²) in [6, 6.07) is 6.02. The highest BCUT2D eigenvalue weighted by Gasteiger charge is 2.24. The first-order valence-corrected chi connectivity index (χ1v) is 9.44. The number of rotatable bonds is 11. The summed E-state index contributed by atoms with van der Waals surface area (Å²) in [5, 5.41) is 25.2. The predicted molar refractivity (Wildman–Crippen MR) is 108 cm³/mol. The van der Waals surface area contributed by atoms with Crippen molar-refractivity contribution in [2.45, 2.75) is 12.3 Å². The molecule has 0 unspecified atom stereocenters. The summed E-state index contributed by atoms with van der Waals surface area (Å²) in [5.74, 6) is 8.37. The summed E-state index contributed by atoms with van der Waals surface area (Å²) < 4.78 is 5.72. The van der Waals surface area contributed by atoms with E-state index in [0.717, 1.165) is 24.1 Å². The van der Waals surface area contributed by atoms with Gasteiger partial charge in [0.2, 0.25) is 0 Å². The van der Waals surface area contributed by atoms with Crippen LogP contribution in [0.1, 0.15) is 11.5 Å². The second-order valence-electron chi connectivity index (χ2n) is 6.13. The van der Waals surface area contributed by atoms with Gasteiger partial charge in [0.05, 0.1) is 28.2 Å². The first kappa shape index (κ1) is 21.5. The quantitative estimate of drug-likeness (QED) is 0.218. The van der Waals surface area contributed by atoms with Crippen molar-refractivity contribution in [2.75, 3.05) is 37.1 Å². The van der Waals surface area contributed by atoms with Crippen molar-refractivity contribution in [2.24, 2.45) is 5.84 Å². The first-order chi connectivity index (χ1) is 13.3. The lowest BCUT2D eigenvalue weighted by molar-refractivity contribution is -0.393. The van der Waals surface area contributed by atoms with Crippen LogP contribution in [0.2, 0.25) is 0 Å². The molecule has 0 fully saturated rings. The van der Waals surface area contributed by atoms with Crippen LogP contribution >= 0.6 is 11.8 Å². The molecule has 0 spiro atoms. The van der Waals surface area contributed by atoms with E-state index in [1.54, 1.807) is 11.8 Å². The number of thioether (sulfide) groups is 1. The number of nitrogens with one attached hydrogen (secondary N) is 2. The molecule has 11 nitrogen and oxygen atoms in total. The van der Waals surface area contributed by atoms with Crippen molar-refractivity contribution in [3.05, 3.63) is 56.0 Å². The van der Waals surface area contributed by atoms with Gasteiger partial charge in [-0.25, -0.2) is 0 Å². The van der Waals surface area contributed by atoms with Gasteiger partial charge in [-0.1, -0.05) is 0 Å². The van der Waals surface area contributed by atoms with Gasteiger partial charge in [0.25, 0.3) is 5.69 Å². The summed E-state index contributed by atoms with van der Waals surface area (Å²) in [6.07, 6.45) is 0. The molecule has 0 saturated heterocycles. The topological polar surface area (TPSA) is 153 Å². The average Bonchev–Trinajstić information content (AvgIpc) is 3.06. The van der Waals surface area contributed by atoms with Crippen LogP contribution < -0.4 is 16.6 Å². The minimum absolute atomic E-state index is 0.00485. The Bertz CT molecular complexity index is 841. The monoisotopic (exact) mass is 410 g/mol. The maximum Gasteiger partial charge on any atom is 0.300 e. The molecule has 4 N–H and O–H groups in total. The van der Waals surface area contributed by atoms with Crippen LogP contribution in [0.25, 0.3) is 0 Å². The van der Waals surface area contributed by atoms with Gasteiger partial charge in [0, 0.05) is 12.3 Å². The minimum Gasteiger partial charge on any atom is -0.464 e. The molecule has 1 aromatic heterocycles. The standard InChI is InChI=1S/C16H22N6O5S/c1-20(2)9-11-3-4-12(27-11)10-28-6-5-18-13-7-14(19-17)16(22(25)26)8-15(13)21(23)24/h3-4,7-8,18-19H,5-6,9-10,17H2,1-2H3. The third-order valence-corrected chi connectivity index (χ3v) is 4.64. The van der Waals surface area contributed by atoms with E-state index in [-0.39, 0.29) is 17.1 Å². The Morgan fingerprint density at radius 3 is 2.36 bits per heavy atom. The Hall–Kier alpha value is -2.83. The molecule has 0 aliphatic rings. The molecule has 1 heterocycles. The Labute approximate surface area is 165 Å². The Kier molecular flexibility index (Phi) is 7.61. The molecule has 0 amide bonds. The summed E-state index contributed by atoms with van der Waals surface area (Å²) in [5.41, 5.74) is 1.52. The average molecular weight is 410 g/mol. The second-order valence-corrected chi connectivity index (χ2v) is 7.24. The Balaban J connectivity index is 1.92. The highest BCUT2D eigenvalue weighted by atomic mass is 32.2. The third-order valence-electron chi connectivity index (χ3n) is 3.66. The Morgan fingerprint density at radius 1 is 1.11 bits per heavy atom. The van der Waals surface area contributed by atoms with Crippen molar-refractivity contribution < 1.29 is 14.3 Å². The van der Waals surface area contributed by atoms with Gasteiger partial charge in [-0.2, -0.15) is 11.8 Å². The van der Waals surface area contributed by atoms with Crippen LogP contribution in [0.5, 0.6) is 0 Å². The smallest absolute Gasteiger partial charge is 0.300 e. The van der Waals surface area contributed by atoms with Crippen LogP contribution in [0.3, 0.4) is 0 Å². The second kappa shape index (κ2) is 9.92. The van der Waals surface area contributed by atoms with Gasteiger partial charge in [-0.3, -0.25) is 26.1 Å². The maximum absolute atomic E-state index is 11.2. The van der Waals surface area contributed by atoms with Crippen molar-refractivity contribution in [3.63, 3.8) is 0 Å². The van der Waals surface area contributed by atoms with Gasteiger partial charge < -0.3 is 20.1 Å². The van der Waals surface area contributed by atoms with Crippen molar-refractivity contribution >= 4 is 34.5 Å². The van der Waals surface area contributed by atoms with Crippen LogP contribution in [-0.2, 0) is 12.3 Å². The van der Waals surface area contributed by atoms with E-state index in [1.807, 2.05) is 31.1 Å². The number of nitrogens with zero attached hydrogens (tertiary/aromatic N) is 3. The van der Waals surface area contributed by atoms with Crippen molar-refractivity contribution in [1.82, 2.24) is 4.90 Å². The van der Waals surface area contributed by atoms with Gasteiger partial charge in [0.1, 0.15) is 22.9 Å². The molecule has 0 saturated carbocycles. The van der Waals surface area contributed by atoms with Crippen LogP contribution in [-0.4, -0.2) is 41.1 Å². The van der Waals surface area contributed by atoms with Gasteiger partial charge in [0.15, 0.2) is 0 Å². The molecule has 0 radical (unpaired) electrons. The maximum atomic E-state index is 11.2. The Morgan fingerprint density at radius 2 is 1.75 bits per heavy atom. The van der Waals surface area contributed by atoms with E-state index in [0.29, 0.717) is 18.1 Å². The molecule has 2 aromatic rings. The van der Waals surface area contributed by atoms with E-state index in [4.69, 9.17) is 10.3 Å². The number of anilines is 2. The number of benzene rings is 1. The van der Waals surface area contributed by atoms with Crippen molar-refractivity contribution in [1.29, 1.82) is 0 Å². The molecule has 152 valence electrons. The zero-order chi connectivity index (χ0) is 20.7. The lowest BCUT2D eigenvalue weighted by Crippen LogP contribution is -2.12. The molecular weight excluding hydrogens is 388 g/mol. The van der Waals surface area contributed by atoms with Gasteiger partial charge >= 0.3 is 5.69 Å². The molecule has 12 heteroatoms. The highest BCUT2D eigenvalue weighted by Crippen LogP contribution is 2.35. The van der Waals surface area contributed by atoms with E-state index in [9.17, 15) is 20.2 Å². The van der Waals surface area contributed by atoms with E-state index < -0.39 is 15.5 Å². The number of nitrogen functional groups attached to an aromatic ring is 1. The lowest BCUT2D eigenvalue weighted by atomic mass is 10.2. The third kappa shape index (κ3) is 5.84. The molecular formula is C16H22N6O5S. The highest BCUT2D eigenvalue weighted by molar-refractivity contribution is 7.98. The van der Waals surface area contributed by atoms with Crippen LogP contribution in [0, 0.1) is 20.2 Å². The number of nitro groups is 2. The largest absolute Gasteiger partial charge is 0.464 e. The summed E-state index contributed by atoms with van der Waals surface area (Å²) in [6.45, 7) is 1.16. The summed E-state index contributed by atoms with van der Waals surface area (Å²) in [7, 11) is 3.93. The fourth-order valence-electron chi connectivity index (χ4n) is 2.46. The number of hydrazine groups is 1. The molecule has 28 heavy (non-hydrogen) atoms. The zero-order valence-corrected chi connectivity index (χ0v) is 16.3. The summed E-state index contributed by atoms with van der Waals surface area (Å²) in [4.78, 5) is 22.9. The van der Waals surface area contributed by atoms with E-state index in [1.165, 1.54) is 6.07 Å². The SMILES string of the molecule is CN(C)Cc1ccc(CSCCNc2cc(NN)c([N+](=O)[O-])cc2[N+](=O)[O-])o1. The lowest BCUT2D eigenvalue weighted by Gasteiger charge is -2.09. The molecule has 1 aromatic carbocycles. The predicted octanol–water partition coefficient (Wildman–Crippen LogP) is 2.79. The first-order valence-electron chi connectivity index (χ1n) is 8.29. The fourth-order valence-corrected chi connectivity index (χ4v) is 3.21. The zero-order valence-electron chi connectivity index (χ0n) is 15.5. The van der Waals surface area contributed by atoms with Crippen LogP contribution in [0.15, 0.2) is 28.7 Å². The minimum atomic E-state index is -0.726. The molecule has 0 atom stereocenters. The molecule has 0 aliphatic heterocycles. The molecule has 2 rings (SSSR count). The van der Waals surface area contributed by atoms with Gasteiger partial charge in [-0.15, -0.1) is 0 Å². The van der Waals surface area contributed by atoms with E-state index >= 15 is 0 Å². The fraction of sp³-hybridized carbons (Fsp3) is 0.375. The number of nitro benzene ring substituents is 2. The number of furan rings is 1. The van der Waals surface area contributed by atoms with Crippen LogP contribution in [0.4, 0.5) is 22.7 Å². The molecule has 0 bridgehead atoms. The number of hydrogen-bond acceptors (Lipinski definition) is 10.